The van der Waals surface area contributed by atoms with Gasteiger partial charge in [-0.3, -0.25) is 4.98 Å². The second kappa shape index (κ2) is 10.1. The Balaban J connectivity index is 0.00000264. The van der Waals surface area contributed by atoms with Crippen molar-refractivity contribution in [2.24, 2.45) is 4.99 Å². The van der Waals surface area contributed by atoms with Gasteiger partial charge in [-0.15, -0.1) is 24.0 Å². The molecule has 0 saturated carbocycles. The van der Waals surface area contributed by atoms with E-state index in [1.807, 2.05) is 25.1 Å². The summed E-state index contributed by atoms with van der Waals surface area (Å²) in [5.74, 6) is -0.416. The number of pyridine rings is 1. The van der Waals surface area contributed by atoms with E-state index in [2.05, 4.69) is 20.6 Å². The largest absolute Gasteiger partial charge is 0.357 e. The first kappa shape index (κ1) is 19.3. The van der Waals surface area contributed by atoms with Gasteiger partial charge in [-0.05, 0) is 37.3 Å². The van der Waals surface area contributed by atoms with E-state index in [-0.39, 0.29) is 36.1 Å². The second-order valence-electron chi connectivity index (χ2n) is 4.61. The van der Waals surface area contributed by atoms with E-state index < -0.39 is 11.6 Å². The van der Waals surface area contributed by atoms with Crippen LogP contribution in [0.15, 0.2) is 47.6 Å². The molecule has 0 saturated heterocycles. The van der Waals surface area contributed by atoms with Gasteiger partial charge in [0, 0.05) is 18.3 Å². The Hall–Kier alpha value is -1.77. The number of rotatable bonds is 5. The Morgan fingerprint density at radius 1 is 1.17 bits per heavy atom. The van der Waals surface area contributed by atoms with Crippen molar-refractivity contribution in [3.8, 4) is 0 Å². The predicted octanol–water partition coefficient (Wildman–Crippen LogP) is 3.23. The highest BCUT2D eigenvalue weighted by Gasteiger charge is 2.04. The minimum absolute atomic E-state index is 0. The SMILES string of the molecule is CCNC(=NCc1cc(F)ccc1F)NCc1ccccn1.I. The molecule has 2 rings (SSSR count). The van der Waals surface area contributed by atoms with Crippen LogP contribution in [-0.4, -0.2) is 17.5 Å². The monoisotopic (exact) mass is 432 g/mol. The first-order valence-corrected chi connectivity index (χ1v) is 7.05. The van der Waals surface area contributed by atoms with E-state index in [0.717, 1.165) is 23.9 Å². The van der Waals surface area contributed by atoms with E-state index in [1.54, 1.807) is 6.20 Å². The molecule has 0 radical (unpaired) electrons. The summed E-state index contributed by atoms with van der Waals surface area (Å²) in [5, 5.41) is 6.15. The van der Waals surface area contributed by atoms with Crippen molar-refractivity contribution in [1.29, 1.82) is 0 Å². The number of benzene rings is 1. The Bertz CT molecular complexity index is 635. The van der Waals surface area contributed by atoms with Crippen molar-refractivity contribution < 1.29 is 8.78 Å². The summed E-state index contributed by atoms with van der Waals surface area (Å²) in [6.07, 6.45) is 1.71. The van der Waals surface area contributed by atoms with Crippen LogP contribution in [0.2, 0.25) is 0 Å². The Morgan fingerprint density at radius 3 is 2.70 bits per heavy atom. The van der Waals surface area contributed by atoms with Crippen molar-refractivity contribution in [3.63, 3.8) is 0 Å². The third kappa shape index (κ3) is 6.47. The predicted molar refractivity (Wildman–Crippen MR) is 97.7 cm³/mol. The van der Waals surface area contributed by atoms with Crippen LogP contribution in [0.5, 0.6) is 0 Å². The summed E-state index contributed by atoms with van der Waals surface area (Å²) in [6, 6.07) is 8.98. The lowest BCUT2D eigenvalue weighted by Crippen LogP contribution is -2.37. The number of aromatic nitrogens is 1. The van der Waals surface area contributed by atoms with Crippen molar-refractivity contribution in [1.82, 2.24) is 15.6 Å². The highest BCUT2D eigenvalue weighted by atomic mass is 127. The van der Waals surface area contributed by atoms with Gasteiger partial charge in [0.25, 0.3) is 0 Å². The molecule has 1 heterocycles. The molecule has 0 bridgehead atoms. The van der Waals surface area contributed by atoms with Crippen LogP contribution < -0.4 is 10.6 Å². The minimum atomic E-state index is -0.474. The van der Waals surface area contributed by atoms with Crippen LogP contribution in [0, 0.1) is 11.6 Å². The van der Waals surface area contributed by atoms with E-state index in [1.165, 1.54) is 0 Å². The second-order valence-corrected chi connectivity index (χ2v) is 4.61. The quantitative estimate of drug-likeness (QED) is 0.434. The van der Waals surface area contributed by atoms with E-state index in [0.29, 0.717) is 19.0 Å². The first-order valence-electron chi connectivity index (χ1n) is 7.05. The molecular weight excluding hydrogens is 413 g/mol. The Labute approximate surface area is 151 Å². The molecule has 2 N–H and O–H groups in total. The lowest BCUT2D eigenvalue weighted by Gasteiger charge is -2.11. The Kier molecular flexibility index (Phi) is 8.46. The summed E-state index contributed by atoms with van der Waals surface area (Å²) in [7, 11) is 0. The molecule has 0 aliphatic heterocycles. The molecule has 0 unspecified atom stereocenters. The van der Waals surface area contributed by atoms with Crippen LogP contribution in [0.1, 0.15) is 18.2 Å². The maximum atomic E-state index is 13.6. The normalized spacial score (nSPS) is 10.8. The molecule has 0 spiro atoms. The molecule has 0 aliphatic carbocycles. The third-order valence-corrected chi connectivity index (χ3v) is 2.92. The van der Waals surface area contributed by atoms with E-state index >= 15 is 0 Å². The lowest BCUT2D eigenvalue weighted by molar-refractivity contribution is 0.585. The highest BCUT2D eigenvalue weighted by Crippen LogP contribution is 2.10. The van der Waals surface area contributed by atoms with Crippen molar-refractivity contribution in [2.75, 3.05) is 6.54 Å². The zero-order valence-electron chi connectivity index (χ0n) is 12.7. The van der Waals surface area contributed by atoms with Gasteiger partial charge in [-0.25, -0.2) is 13.8 Å². The number of halogens is 3. The summed E-state index contributed by atoms with van der Waals surface area (Å²) in [5.41, 5.74) is 1.08. The fourth-order valence-corrected chi connectivity index (χ4v) is 1.85. The molecule has 4 nitrogen and oxygen atoms in total. The molecule has 0 aliphatic rings. The fourth-order valence-electron chi connectivity index (χ4n) is 1.85. The summed E-state index contributed by atoms with van der Waals surface area (Å²) in [6.45, 7) is 3.15. The van der Waals surface area contributed by atoms with Crippen LogP contribution in [0.3, 0.4) is 0 Å². The van der Waals surface area contributed by atoms with Crippen LogP contribution >= 0.6 is 24.0 Å². The van der Waals surface area contributed by atoms with Gasteiger partial charge in [0.05, 0.1) is 18.8 Å². The van der Waals surface area contributed by atoms with Crippen molar-refractivity contribution in [3.05, 3.63) is 65.5 Å². The molecule has 124 valence electrons. The van der Waals surface area contributed by atoms with E-state index in [9.17, 15) is 8.78 Å². The maximum absolute atomic E-state index is 13.6. The topological polar surface area (TPSA) is 49.3 Å². The van der Waals surface area contributed by atoms with Gasteiger partial charge in [0.2, 0.25) is 0 Å². The molecular formula is C16H19F2IN4. The van der Waals surface area contributed by atoms with Gasteiger partial charge in [-0.2, -0.15) is 0 Å². The number of hydrogen-bond donors (Lipinski definition) is 2. The molecule has 7 heteroatoms. The standard InChI is InChI=1S/C16H18F2N4.HI/c1-2-19-16(22-11-14-5-3-4-8-20-14)21-10-12-9-13(17)6-7-15(12)18;/h3-9H,2,10-11H2,1H3,(H2,19,21,22);1H. The summed E-state index contributed by atoms with van der Waals surface area (Å²) in [4.78, 5) is 8.46. The molecule has 1 aromatic carbocycles. The summed E-state index contributed by atoms with van der Waals surface area (Å²) < 4.78 is 26.7. The molecule has 0 atom stereocenters. The number of aliphatic imine (C=N–C) groups is 1. The van der Waals surface area contributed by atoms with Gasteiger partial charge < -0.3 is 10.6 Å². The zero-order chi connectivity index (χ0) is 15.8. The number of guanidine groups is 1. The smallest absolute Gasteiger partial charge is 0.191 e. The average Bonchev–Trinajstić information content (AvgIpc) is 2.54. The van der Waals surface area contributed by atoms with Gasteiger partial charge in [0.1, 0.15) is 11.6 Å². The third-order valence-electron chi connectivity index (χ3n) is 2.92. The van der Waals surface area contributed by atoms with Gasteiger partial charge in [0.15, 0.2) is 5.96 Å². The molecule has 0 fully saturated rings. The first-order chi connectivity index (χ1) is 10.7. The van der Waals surface area contributed by atoms with Gasteiger partial charge >= 0.3 is 0 Å². The fraction of sp³-hybridized carbons (Fsp3) is 0.250. The van der Waals surface area contributed by atoms with Crippen LogP contribution in [0.4, 0.5) is 8.78 Å². The van der Waals surface area contributed by atoms with Crippen LogP contribution in [0.25, 0.3) is 0 Å². The number of nitrogens with zero attached hydrogens (tertiary/aromatic N) is 2. The van der Waals surface area contributed by atoms with Crippen LogP contribution in [-0.2, 0) is 13.1 Å². The molecule has 0 amide bonds. The number of hydrogen-bond acceptors (Lipinski definition) is 2. The number of nitrogens with one attached hydrogen (secondary N) is 2. The van der Waals surface area contributed by atoms with E-state index in [4.69, 9.17) is 0 Å². The average molecular weight is 432 g/mol. The molecule has 2 aromatic rings. The minimum Gasteiger partial charge on any atom is -0.357 e. The Morgan fingerprint density at radius 2 is 2.00 bits per heavy atom. The van der Waals surface area contributed by atoms with Crippen molar-refractivity contribution >= 4 is 29.9 Å². The maximum Gasteiger partial charge on any atom is 0.191 e. The molecule has 23 heavy (non-hydrogen) atoms. The highest BCUT2D eigenvalue weighted by molar-refractivity contribution is 14.0. The van der Waals surface area contributed by atoms with Crippen molar-refractivity contribution in [2.45, 2.75) is 20.0 Å². The molecule has 1 aromatic heterocycles. The zero-order valence-corrected chi connectivity index (χ0v) is 15.1. The van der Waals surface area contributed by atoms with Gasteiger partial charge in [-0.1, -0.05) is 6.07 Å². The summed E-state index contributed by atoms with van der Waals surface area (Å²) >= 11 is 0. The lowest BCUT2D eigenvalue weighted by atomic mass is 10.2.